The fraction of sp³-hybridized carbons (Fsp3) is 0.871. The highest BCUT2D eigenvalue weighted by Crippen LogP contribution is 2.67. The molecular weight excluding hydrogens is 458 g/mol. The van der Waals surface area contributed by atoms with Crippen LogP contribution in [0, 0.1) is 57.2 Å². The van der Waals surface area contributed by atoms with Gasteiger partial charge in [-0.25, -0.2) is 0 Å². The Morgan fingerprint density at radius 2 is 1.81 bits per heavy atom. The van der Waals surface area contributed by atoms with Gasteiger partial charge in [-0.1, -0.05) is 65.5 Å². The molecule has 0 saturated heterocycles. The Labute approximate surface area is 227 Å². The first kappa shape index (κ1) is 30.0. The van der Waals surface area contributed by atoms with Crippen LogP contribution < -0.4 is 16.4 Å². The highest BCUT2D eigenvalue weighted by molar-refractivity contribution is 5.94. The molecule has 7 N–H and O–H groups in total. The van der Waals surface area contributed by atoms with Crippen molar-refractivity contribution in [2.45, 2.75) is 118 Å². The van der Waals surface area contributed by atoms with Gasteiger partial charge in [-0.3, -0.25) is 16.1 Å². The van der Waals surface area contributed by atoms with E-state index in [1.807, 2.05) is 6.92 Å². The van der Waals surface area contributed by atoms with Crippen LogP contribution in [0.3, 0.4) is 0 Å². The molecule has 4 aliphatic carbocycles. The Balaban J connectivity index is 0.000000364. The number of allylic oxidation sites excluding steroid dienone is 1. The van der Waals surface area contributed by atoms with Crippen LogP contribution in [-0.2, 0) is 0 Å². The normalized spacial score (nSPS) is 37.2. The molecular formula is C31H57N5O. The summed E-state index contributed by atoms with van der Waals surface area (Å²) in [6.07, 6.45) is 17.2. The average Bonchev–Trinajstić information content (AvgIpc) is 3.16. The molecule has 1 unspecified atom stereocenters. The van der Waals surface area contributed by atoms with Gasteiger partial charge in [0.15, 0.2) is 11.9 Å². The first-order valence-electron chi connectivity index (χ1n) is 15.2. The number of fused-ring (bicyclic) bond motifs is 5. The second-order valence-corrected chi connectivity index (χ2v) is 13.6. The second kappa shape index (κ2) is 12.5. The summed E-state index contributed by atoms with van der Waals surface area (Å²) in [7, 11) is 0. The molecule has 0 spiro atoms. The number of guanidine groups is 2. The minimum Gasteiger partial charge on any atom is -0.393 e. The van der Waals surface area contributed by atoms with Crippen molar-refractivity contribution in [1.29, 1.82) is 10.8 Å². The Hall–Kier alpha value is -1.56. The van der Waals surface area contributed by atoms with E-state index >= 15 is 0 Å². The number of hydrogen-bond acceptors (Lipinski definition) is 3. The maximum Gasteiger partial charge on any atom is 0.195 e. The third kappa shape index (κ3) is 6.72. The minimum atomic E-state index is -0.221. The lowest BCUT2D eigenvalue weighted by molar-refractivity contribution is -0.0573. The summed E-state index contributed by atoms with van der Waals surface area (Å²) in [4.78, 5) is 0. The largest absolute Gasteiger partial charge is 0.393 e. The van der Waals surface area contributed by atoms with Crippen LogP contribution in [0.15, 0.2) is 11.6 Å². The van der Waals surface area contributed by atoms with E-state index in [0.717, 1.165) is 48.3 Å². The average molecular weight is 516 g/mol. The number of rotatable bonds is 6. The molecule has 3 saturated carbocycles. The lowest BCUT2D eigenvalue weighted by atomic mass is 9.47. The van der Waals surface area contributed by atoms with Crippen molar-refractivity contribution in [2.24, 2.45) is 52.1 Å². The summed E-state index contributed by atoms with van der Waals surface area (Å²) >= 11 is 0. The molecule has 4 rings (SSSR count). The van der Waals surface area contributed by atoms with Crippen molar-refractivity contribution < 1.29 is 5.11 Å². The lowest BCUT2D eigenvalue weighted by Gasteiger charge is -2.58. The molecule has 0 aromatic carbocycles. The maximum atomic E-state index is 10.2. The van der Waals surface area contributed by atoms with Crippen LogP contribution in [0.1, 0.15) is 112 Å². The summed E-state index contributed by atoms with van der Waals surface area (Å²) in [6.45, 7) is 15.1. The molecule has 0 aliphatic heterocycles. The first-order chi connectivity index (χ1) is 17.4. The molecule has 6 heteroatoms. The summed E-state index contributed by atoms with van der Waals surface area (Å²) in [6, 6.07) is 0. The van der Waals surface area contributed by atoms with Gasteiger partial charge < -0.3 is 16.2 Å². The van der Waals surface area contributed by atoms with Crippen LogP contribution in [0.25, 0.3) is 0 Å². The van der Waals surface area contributed by atoms with E-state index in [-0.39, 0.29) is 18.0 Å². The van der Waals surface area contributed by atoms with Crippen molar-refractivity contribution in [1.82, 2.24) is 10.6 Å². The fourth-order valence-corrected chi connectivity index (χ4v) is 9.02. The lowest BCUT2D eigenvalue weighted by Crippen LogP contribution is -2.50. The molecule has 0 bridgehead atoms. The van der Waals surface area contributed by atoms with Crippen LogP contribution in [-0.4, -0.2) is 29.7 Å². The molecule has 0 aromatic heterocycles. The summed E-state index contributed by atoms with van der Waals surface area (Å²) < 4.78 is 0. The highest BCUT2D eigenvalue weighted by atomic mass is 16.3. The van der Waals surface area contributed by atoms with Gasteiger partial charge in [0.25, 0.3) is 0 Å². The fourth-order valence-electron chi connectivity index (χ4n) is 9.02. The van der Waals surface area contributed by atoms with Crippen molar-refractivity contribution in [2.75, 3.05) is 6.54 Å². The van der Waals surface area contributed by atoms with E-state index in [1.54, 1.807) is 5.57 Å². The Morgan fingerprint density at radius 3 is 2.46 bits per heavy atom. The predicted molar refractivity (Wildman–Crippen MR) is 156 cm³/mol. The Morgan fingerprint density at radius 1 is 1.08 bits per heavy atom. The summed E-state index contributed by atoms with van der Waals surface area (Å²) in [5.41, 5.74) is 7.52. The van der Waals surface area contributed by atoms with Gasteiger partial charge in [0.2, 0.25) is 0 Å². The predicted octanol–water partition coefficient (Wildman–Crippen LogP) is 6.40. The van der Waals surface area contributed by atoms with Gasteiger partial charge in [0, 0.05) is 6.54 Å². The Kier molecular flexibility index (Phi) is 10.2. The molecule has 0 radical (unpaired) electrons. The van der Waals surface area contributed by atoms with Gasteiger partial charge in [0.1, 0.15) is 0 Å². The van der Waals surface area contributed by atoms with E-state index in [1.165, 1.54) is 57.8 Å². The monoisotopic (exact) mass is 515 g/mol. The number of aliphatic hydroxyl groups is 1. The third-order valence-electron chi connectivity index (χ3n) is 10.9. The van der Waals surface area contributed by atoms with Gasteiger partial charge in [0.05, 0.1) is 6.10 Å². The molecule has 3 fully saturated rings. The van der Waals surface area contributed by atoms with Crippen molar-refractivity contribution in [3.05, 3.63) is 11.6 Å². The van der Waals surface area contributed by atoms with Crippen LogP contribution in [0.5, 0.6) is 0 Å². The molecule has 4 aliphatic rings. The first-order valence-corrected chi connectivity index (χ1v) is 15.2. The van der Waals surface area contributed by atoms with E-state index in [9.17, 15) is 5.11 Å². The van der Waals surface area contributed by atoms with Crippen LogP contribution in [0.4, 0.5) is 0 Å². The smallest absolute Gasteiger partial charge is 0.195 e. The molecule has 6 nitrogen and oxygen atoms in total. The summed E-state index contributed by atoms with van der Waals surface area (Å²) in [5, 5.41) is 28.8. The number of hydrogen-bond donors (Lipinski definition) is 6. The SMILES string of the molecule is CC(C)CCCC(C)[C@H]1CC[C@H]2[C@@H]3CC=C4C[C@@H](O)CC[C@]4(C)[C@H]3CC[C@]12C.CCNC(=N)NC(=N)N. The highest BCUT2D eigenvalue weighted by Gasteiger charge is 2.59. The maximum absolute atomic E-state index is 10.2. The van der Waals surface area contributed by atoms with E-state index in [4.69, 9.17) is 16.6 Å². The zero-order chi connectivity index (χ0) is 27.4. The van der Waals surface area contributed by atoms with E-state index in [2.05, 4.69) is 51.3 Å². The quantitative estimate of drug-likeness (QED) is 0.139. The summed E-state index contributed by atoms with van der Waals surface area (Å²) in [5.74, 6) is 5.30. The van der Waals surface area contributed by atoms with Gasteiger partial charge in [-0.2, -0.15) is 0 Å². The molecule has 8 atom stereocenters. The van der Waals surface area contributed by atoms with Crippen molar-refractivity contribution in [3.8, 4) is 0 Å². The zero-order valence-electron chi connectivity index (χ0n) is 24.6. The third-order valence-corrected chi connectivity index (χ3v) is 10.9. The van der Waals surface area contributed by atoms with Gasteiger partial charge in [-0.05, 0) is 105 Å². The molecule has 0 amide bonds. The second-order valence-electron chi connectivity index (χ2n) is 13.6. The topological polar surface area (TPSA) is 118 Å². The Bertz CT molecular complexity index is 824. The van der Waals surface area contributed by atoms with E-state index in [0.29, 0.717) is 17.4 Å². The number of aliphatic hydroxyl groups excluding tert-OH is 1. The van der Waals surface area contributed by atoms with Crippen molar-refractivity contribution >= 4 is 11.9 Å². The van der Waals surface area contributed by atoms with Crippen molar-refractivity contribution in [3.63, 3.8) is 0 Å². The molecule has 0 heterocycles. The van der Waals surface area contributed by atoms with Gasteiger partial charge in [-0.15, -0.1) is 0 Å². The number of nitrogens with two attached hydrogens (primary N) is 1. The van der Waals surface area contributed by atoms with Crippen LogP contribution in [0.2, 0.25) is 0 Å². The minimum absolute atomic E-state index is 0.0602. The molecule has 37 heavy (non-hydrogen) atoms. The molecule has 0 aromatic rings. The standard InChI is InChI=1S/C27H46O.C4H11N5/c1-18(2)7-6-8-19(3)23-11-12-24-22-10-9-20-17-21(28)13-15-26(20,4)25(22)14-16-27(23,24)5;1-2-8-4(7)9-3(5)6/h9,18-19,21-25,28H,6-8,10-17H2,1-5H3;2H2,1H3,(H6,5,6,7,8,9)/t19?,21-,22-,23+,24-,25-,26-,27+;/m0./s1. The molecule has 212 valence electrons. The zero-order valence-corrected chi connectivity index (χ0v) is 24.6. The van der Waals surface area contributed by atoms with Gasteiger partial charge >= 0.3 is 0 Å². The van der Waals surface area contributed by atoms with E-state index < -0.39 is 0 Å². The number of nitrogens with one attached hydrogen (secondary N) is 4. The van der Waals surface area contributed by atoms with Crippen LogP contribution >= 0.6 is 0 Å².